The number of imidazole rings is 1. The minimum atomic E-state index is 0.951. The SMILES string of the molecule is c1ccc(-c2nc3ccccc3n2-c2ccc(-c3cc4ccc5ccccc5c4c4ccccc34)cc2)cc1. The molecule has 0 aliphatic heterocycles. The second-order valence-corrected chi connectivity index (χ2v) is 10.0. The van der Waals surface area contributed by atoms with Gasteiger partial charge in [-0.1, -0.05) is 115 Å². The summed E-state index contributed by atoms with van der Waals surface area (Å²) in [7, 11) is 0. The molecule has 0 atom stereocenters. The first-order valence-electron chi connectivity index (χ1n) is 13.3. The second kappa shape index (κ2) is 8.68. The van der Waals surface area contributed by atoms with Crippen LogP contribution in [0.5, 0.6) is 0 Å². The molecule has 0 aliphatic rings. The molecule has 0 aliphatic carbocycles. The van der Waals surface area contributed by atoms with Gasteiger partial charge in [0.25, 0.3) is 0 Å². The fourth-order valence-electron chi connectivity index (χ4n) is 5.98. The lowest BCUT2D eigenvalue weighted by Crippen LogP contribution is -1.97. The number of hydrogen-bond donors (Lipinski definition) is 0. The lowest BCUT2D eigenvalue weighted by molar-refractivity contribution is 1.10. The number of aromatic nitrogens is 2. The van der Waals surface area contributed by atoms with Crippen LogP contribution in [-0.4, -0.2) is 9.55 Å². The smallest absolute Gasteiger partial charge is 0.145 e. The van der Waals surface area contributed by atoms with Gasteiger partial charge < -0.3 is 0 Å². The van der Waals surface area contributed by atoms with Crippen molar-refractivity contribution in [1.82, 2.24) is 9.55 Å². The van der Waals surface area contributed by atoms with Gasteiger partial charge in [-0.3, -0.25) is 4.57 Å². The highest BCUT2D eigenvalue weighted by Crippen LogP contribution is 2.39. The normalized spacial score (nSPS) is 11.6. The van der Waals surface area contributed by atoms with Crippen LogP contribution in [0.3, 0.4) is 0 Å². The fraction of sp³-hybridized carbons (Fsp3) is 0. The van der Waals surface area contributed by atoms with Crippen molar-refractivity contribution in [2.24, 2.45) is 0 Å². The van der Waals surface area contributed by atoms with Crippen LogP contribution in [0.2, 0.25) is 0 Å². The number of rotatable bonds is 3. The summed E-state index contributed by atoms with van der Waals surface area (Å²) in [5.74, 6) is 0.951. The quantitative estimate of drug-likeness (QED) is 0.223. The Bertz CT molecular complexity index is 2150. The van der Waals surface area contributed by atoms with E-state index < -0.39 is 0 Å². The van der Waals surface area contributed by atoms with E-state index in [1.165, 1.54) is 43.4 Å². The maximum Gasteiger partial charge on any atom is 0.145 e. The first-order valence-corrected chi connectivity index (χ1v) is 13.3. The highest BCUT2D eigenvalue weighted by atomic mass is 15.1. The van der Waals surface area contributed by atoms with E-state index in [0.717, 1.165) is 28.1 Å². The molecule has 1 aromatic heterocycles. The van der Waals surface area contributed by atoms with Crippen LogP contribution < -0.4 is 0 Å². The maximum atomic E-state index is 5.00. The summed E-state index contributed by atoms with van der Waals surface area (Å²) in [6.45, 7) is 0. The van der Waals surface area contributed by atoms with Gasteiger partial charge in [-0.05, 0) is 73.8 Å². The van der Waals surface area contributed by atoms with Crippen molar-refractivity contribution in [3.8, 4) is 28.2 Å². The number of benzene rings is 7. The molecule has 8 aromatic rings. The Kier molecular flexibility index (Phi) is 4.86. The Hall–Kier alpha value is -5.21. The van der Waals surface area contributed by atoms with E-state index in [1.807, 2.05) is 12.1 Å². The van der Waals surface area contributed by atoms with E-state index in [-0.39, 0.29) is 0 Å². The molecule has 0 bridgehead atoms. The van der Waals surface area contributed by atoms with Crippen molar-refractivity contribution < 1.29 is 0 Å². The third kappa shape index (κ3) is 3.46. The van der Waals surface area contributed by atoms with Crippen LogP contribution in [0.15, 0.2) is 146 Å². The zero-order valence-corrected chi connectivity index (χ0v) is 21.3. The van der Waals surface area contributed by atoms with Crippen LogP contribution >= 0.6 is 0 Å². The molecule has 0 N–H and O–H groups in total. The van der Waals surface area contributed by atoms with E-state index in [4.69, 9.17) is 4.98 Å². The van der Waals surface area contributed by atoms with Crippen molar-refractivity contribution in [3.05, 3.63) is 146 Å². The molecule has 0 unspecified atom stereocenters. The minimum absolute atomic E-state index is 0.951. The molecule has 1 heterocycles. The van der Waals surface area contributed by atoms with Crippen LogP contribution in [-0.2, 0) is 0 Å². The van der Waals surface area contributed by atoms with Crippen molar-refractivity contribution >= 4 is 43.4 Å². The highest BCUT2D eigenvalue weighted by Gasteiger charge is 2.15. The molecule has 0 radical (unpaired) electrons. The molecule has 2 heteroatoms. The van der Waals surface area contributed by atoms with Crippen molar-refractivity contribution in [1.29, 1.82) is 0 Å². The molecule has 182 valence electrons. The Balaban J connectivity index is 1.32. The molecular weight excluding hydrogens is 472 g/mol. The summed E-state index contributed by atoms with van der Waals surface area (Å²) >= 11 is 0. The first-order chi connectivity index (χ1) is 19.3. The number of fused-ring (bicyclic) bond motifs is 6. The van der Waals surface area contributed by atoms with Gasteiger partial charge in [0.2, 0.25) is 0 Å². The lowest BCUT2D eigenvalue weighted by Gasteiger charge is -2.14. The predicted octanol–water partition coefficient (Wildman–Crippen LogP) is 9.82. The van der Waals surface area contributed by atoms with E-state index in [2.05, 4.69) is 138 Å². The van der Waals surface area contributed by atoms with Gasteiger partial charge in [-0.2, -0.15) is 0 Å². The summed E-state index contributed by atoms with van der Waals surface area (Å²) in [6.07, 6.45) is 0. The van der Waals surface area contributed by atoms with Crippen molar-refractivity contribution in [2.75, 3.05) is 0 Å². The molecular formula is C37H24N2. The minimum Gasteiger partial charge on any atom is -0.292 e. The van der Waals surface area contributed by atoms with E-state index in [0.29, 0.717) is 0 Å². The zero-order valence-electron chi connectivity index (χ0n) is 21.3. The van der Waals surface area contributed by atoms with Crippen molar-refractivity contribution in [2.45, 2.75) is 0 Å². The monoisotopic (exact) mass is 496 g/mol. The van der Waals surface area contributed by atoms with Gasteiger partial charge in [-0.25, -0.2) is 4.98 Å². The molecule has 0 spiro atoms. The van der Waals surface area contributed by atoms with Gasteiger partial charge in [0, 0.05) is 11.3 Å². The second-order valence-electron chi connectivity index (χ2n) is 10.0. The molecule has 39 heavy (non-hydrogen) atoms. The van der Waals surface area contributed by atoms with Crippen LogP contribution in [0.1, 0.15) is 0 Å². The van der Waals surface area contributed by atoms with Crippen LogP contribution in [0.4, 0.5) is 0 Å². The summed E-state index contributed by atoms with van der Waals surface area (Å²) in [6, 6.07) is 52.0. The molecule has 8 rings (SSSR count). The van der Waals surface area contributed by atoms with Crippen LogP contribution in [0.25, 0.3) is 71.6 Å². The third-order valence-electron chi connectivity index (χ3n) is 7.78. The molecule has 0 saturated heterocycles. The summed E-state index contributed by atoms with van der Waals surface area (Å²) in [5.41, 5.74) is 6.75. The van der Waals surface area contributed by atoms with Gasteiger partial charge in [0.15, 0.2) is 0 Å². The molecule has 0 saturated carbocycles. The fourth-order valence-corrected chi connectivity index (χ4v) is 5.98. The Labute approximate surface area is 226 Å². The average molecular weight is 497 g/mol. The summed E-state index contributed by atoms with van der Waals surface area (Å²) < 4.78 is 2.26. The number of nitrogens with zero attached hydrogens (tertiary/aromatic N) is 2. The molecule has 0 fully saturated rings. The average Bonchev–Trinajstić information content (AvgIpc) is 3.41. The highest BCUT2D eigenvalue weighted by molar-refractivity contribution is 6.23. The lowest BCUT2D eigenvalue weighted by atomic mass is 9.91. The molecule has 0 amide bonds. The van der Waals surface area contributed by atoms with E-state index >= 15 is 0 Å². The van der Waals surface area contributed by atoms with E-state index in [1.54, 1.807) is 0 Å². The number of hydrogen-bond acceptors (Lipinski definition) is 1. The maximum absolute atomic E-state index is 5.00. The Morgan fingerprint density at radius 2 is 1.13 bits per heavy atom. The zero-order chi connectivity index (χ0) is 25.8. The van der Waals surface area contributed by atoms with Gasteiger partial charge in [-0.15, -0.1) is 0 Å². The summed E-state index contributed by atoms with van der Waals surface area (Å²) in [5, 5.41) is 7.72. The topological polar surface area (TPSA) is 17.8 Å². The standard InChI is InChI=1S/C37H24N2/c1-2-11-27(12-3-1)37-38-34-16-8-9-17-35(34)39(37)29-22-20-26(21-23-29)33-24-28-19-18-25-10-4-5-13-30(25)36(28)32-15-7-6-14-31(32)33/h1-24H. The van der Waals surface area contributed by atoms with Gasteiger partial charge in [0.1, 0.15) is 5.82 Å². The summed E-state index contributed by atoms with van der Waals surface area (Å²) in [4.78, 5) is 5.00. The predicted molar refractivity (Wildman–Crippen MR) is 164 cm³/mol. The Morgan fingerprint density at radius 1 is 0.462 bits per heavy atom. The molecule has 2 nitrogen and oxygen atoms in total. The molecule has 7 aromatic carbocycles. The van der Waals surface area contributed by atoms with Gasteiger partial charge in [0.05, 0.1) is 11.0 Å². The first kappa shape index (κ1) is 21.8. The van der Waals surface area contributed by atoms with Crippen LogP contribution in [0, 0.1) is 0 Å². The largest absolute Gasteiger partial charge is 0.292 e. The third-order valence-corrected chi connectivity index (χ3v) is 7.78. The number of para-hydroxylation sites is 2. The van der Waals surface area contributed by atoms with Crippen molar-refractivity contribution in [3.63, 3.8) is 0 Å². The van der Waals surface area contributed by atoms with Gasteiger partial charge >= 0.3 is 0 Å². The van der Waals surface area contributed by atoms with E-state index in [9.17, 15) is 0 Å². The Morgan fingerprint density at radius 3 is 1.97 bits per heavy atom.